The fraction of sp³-hybridized carbons (Fsp3) is 0.357. The van der Waals surface area contributed by atoms with Crippen LogP contribution < -0.4 is 11.5 Å². The molecule has 1 aromatic rings. The van der Waals surface area contributed by atoms with E-state index in [9.17, 15) is 9.59 Å². The van der Waals surface area contributed by atoms with Gasteiger partial charge in [0, 0.05) is 6.54 Å². The molecule has 0 aliphatic carbocycles. The van der Waals surface area contributed by atoms with Gasteiger partial charge in [-0.15, -0.1) is 4.99 Å². The van der Waals surface area contributed by atoms with Crippen LogP contribution in [0.2, 0.25) is 0 Å². The van der Waals surface area contributed by atoms with Gasteiger partial charge < -0.3 is 16.2 Å². The van der Waals surface area contributed by atoms with Gasteiger partial charge >= 0.3 is 6.09 Å². The van der Waals surface area contributed by atoms with Crippen LogP contribution in [0.4, 0.5) is 4.79 Å². The Morgan fingerprint density at radius 3 is 2.81 bits per heavy atom. The van der Waals surface area contributed by atoms with Crippen molar-refractivity contribution in [1.29, 1.82) is 0 Å². The number of amides is 2. The number of nitrogens with zero attached hydrogens (tertiary/aromatic N) is 2. The van der Waals surface area contributed by atoms with Crippen molar-refractivity contribution in [1.82, 2.24) is 4.90 Å². The minimum atomic E-state index is -0.830. The highest BCUT2D eigenvalue weighted by molar-refractivity contribution is 6.02. The molecule has 1 heterocycles. The van der Waals surface area contributed by atoms with Crippen molar-refractivity contribution in [2.45, 2.75) is 25.5 Å². The Morgan fingerprint density at radius 1 is 1.38 bits per heavy atom. The van der Waals surface area contributed by atoms with E-state index < -0.39 is 12.1 Å². The molecular weight excluding hydrogens is 272 g/mol. The molecule has 0 aromatic heterocycles. The first-order valence-electron chi connectivity index (χ1n) is 6.69. The van der Waals surface area contributed by atoms with Gasteiger partial charge in [0.05, 0.1) is 6.04 Å². The lowest BCUT2D eigenvalue weighted by atomic mass is 10.1. The van der Waals surface area contributed by atoms with Gasteiger partial charge in [-0.05, 0) is 18.4 Å². The number of aliphatic imine (C=N–C) groups is 1. The molecule has 112 valence electrons. The summed E-state index contributed by atoms with van der Waals surface area (Å²) in [6.07, 6.45) is 0.506. The fourth-order valence-corrected chi connectivity index (χ4v) is 2.04. The zero-order valence-electron chi connectivity index (χ0n) is 11.6. The first kappa shape index (κ1) is 15.0. The van der Waals surface area contributed by atoms with Crippen molar-refractivity contribution in [2.24, 2.45) is 16.5 Å². The molecule has 1 unspecified atom stereocenters. The monoisotopic (exact) mass is 290 g/mol. The Kier molecular flexibility index (Phi) is 4.89. The standard InChI is InChI=1S/C14H18N4O3/c15-11-7-4-8-18(12(11)19)13(16)17-14(20)21-9-10-5-2-1-3-6-10/h1-3,5-6,11H,4,7-9,15H2,(H2,16,17,20). The van der Waals surface area contributed by atoms with Crippen molar-refractivity contribution in [3.63, 3.8) is 0 Å². The summed E-state index contributed by atoms with van der Waals surface area (Å²) in [5.74, 6) is -0.494. The molecule has 0 radical (unpaired) electrons. The lowest BCUT2D eigenvalue weighted by Gasteiger charge is -2.29. The van der Waals surface area contributed by atoms with Crippen LogP contribution >= 0.6 is 0 Å². The highest BCUT2D eigenvalue weighted by Gasteiger charge is 2.28. The fourth-order valence-electron chi connectivity index (χ4n) is 2.04. The minimum absolute atomic E-state index is 0.101. The number of hydrogen-bond acceptors (Lipinski definition) is 4. The summed E-state index contributed by atoms with van der Waals surface area (Å²) in [7, 11) is 0. The molecule has 21 heavy (non-hydrogen) atoms. The smallest absolute Gasteiger partial charge is 0.437 e. The zero-order valence-corrected chi connectivity index (χ0v) is 11.6. The van der Waals surface area contributed by atoms with E-state index in [2.05, 4.69) is 4.99 Å². The largest absolute Gasteiger partial charge is 0.443 e. The van der Waals surface area contributed by atoms with E-state index in [1.807, 2.05) is 30.3 Å². The number of likely N-dealkylation sites (tertiary alicyclic amines) is 1. The van der Waals surface area contributed by atoms with E-state index in [-0.39, 0.29) is 18.5 Å². The molecule has 1 fully saturated rings. The summed E-state index contributed by atoms with van der Waals surface area (Å²) in [6, 6.07) is 8.62. The second-order valence-corrected chi connectivity index (χ2v) is 4.75. The first-order chi connectivity index (χ1) is 10.1. The van der Waals surface area contributed by atoms with Crippen molar-refractivity contribution in [3.05, 3.63) is 35.9 Å². The predicted molar refractivity (Wildman–Crippen MR) is 77.2 cm³/mol. The second-order valence-electron chi connectivity index (χ2n) is 4.75. The molecule has 1 atom stereocenters. The SMILES string of the molecule is NC(=NC(=O)OCc1ccccc1)N1CCCC(N)C1=O. The summed E-state index contributed by atoms with van der Waals surface area (Å²) >= 11 is 0. The number of piperidine rings is 1. The number of ether oxygens (including phenoxy) is 1. The number of guanidine groups is 1. The Morgan fingerprint density at radius 2 is 2.10 bits per heavy atom. The number of benzene rings is 1. The summed E-state index contributed by atoms with van der Waals surface area (Å²) in [5.41, 5.74) is 12.2. The van der Waals surface area contributed by atoms with Gasteiger partial charge in [0.25, 0.3) is 0 Å². The molecule has 2 rings (SSSR count). The van der Waals surface area contributed by atoms with Gasteiger partial charge in [-0.2, -0.15) is 0 Å². The Balaban J connectivity index is 1.92. The van der Waals surface area contributed by atoms with Crippen LogP contribution in [0.1, 0.15) is 18.4 Å². The summed E-state index contributed by atoms with van der Waals surface area (Å²) in [6.45, 7) is 0.512. The van der Waals surface area contributed by atoms with Gasteiger partial charge in [0.2, 0.25) is 11.9 Å². The third-order valence-electron chi connectivity index (χ3n) is 3.17. The van der Waals surface area contributed by atoms with Gasteiger partial charge in [-0.3, -0.25) is 9.69 Å². The zero-order chi connectivity index (χ0) is 15.2. The molecule has 1 aromatic carbocycles. The molecule has 1 aliphatic heterocycles. The number of rotatable bonds is 2. The lowest BCUT2D eigenvalue weighted by Crippen LogP contribution is -2.53. The summed E-state index contributed by atoms with van der Waals surface area (Å²) in [4.78, 5) is 28.2. The van der Waals surface area contributed by atoms with Crippen molar-refractivity contribution in [3.8, 4) is 0 Å². The second kappa shape index (κ2) is 6.85. The maximum Gasteiger partial charge on any atom is 0.437 e. The van der Waals surface area contributed by atoms with Crippen molar-refractivity contribution >= 4 is 18.0 Å². The van der Waals surface area contributed by atoms with Gasteiger partial charge in [-0.1, -0.05) is 30.3 Å². The number of hydrogen-bond donors (Lipinski definition) is 2. The molecule has 1 aliphatic rings. The number of nitrogens with two attached hydrogens (primary N) is 2. The van der Waals surface area contributed by atoms with Crippen LogP contribution in [-0.2, 0) is 16.1 Å². The third-order valence-corrected chi connectivity index (χ3v) is 3.17. The predicted octanol–water partition coefficient (Wildman–Crippen LogP) is 0.588. The van der Waals surface area contributed by atoms with Crippen LogP contribution in [0.25, 0.3) is 0 Å². The molecule has 0 saturated carbocycles. The normalized spacial score (nSPS) is 19.5. The molecule has 7 nitrogen and oxygen atoms in total. The molecular formula is C14H18N4O3. The van der Waals surface area contributed by atoms with E-state index in [0.29, 0.717) is 13.0 Å². The quantitative estimate of drug-likeness (QED) is 0.611. The first-order valence-corrected chi connectivity index (χ1v) is 6.69. The van der Waals surface area contributed by atoms with Crippen LogP contribution in [0.15, 0.2) is 35.3 Å². The summed E-state index contributed by atoms with van der Waals surface area (Å²) < 4.78 is 4.98. The van der Waals surface area contributed by atoms with E-state index in [1.165, 1.54) is 4.90 Å². The molecule has 0 bridgehead atoms. The number of carbonyl (C=O) groups excluding carboxylic acids is 2. The van der Waals surface area contributed by atoms with Crippen LogP contribution in [0.3, 0.4) is 0 Å². The Labute approximate surface area is 122 Å². The average molecular weight is 290 g/mol. The Hall–Kier alpha value is -2.41. The van der Waals surface area contributed by atoms with E-state index in [0.717, 1.165) is 12.0 Å². The highest BCUT2D eigenvalue weighted by atomic mass is 16.5. The third kappa shape index (κ3) is 4.03. The maximum absolute atomic E-state index is 11.8. The van der Waals surface area contributed by atoms with E-state index in [1.54, 1.807) is 0 Å². The lowest BCUT2D eigenvalue weighted by molar-refractivity contribution is -0.130. The molecule has 0 spiro atoms. The van der Waals surface area contributed by atoms with E-state index >= 15 is 0 Å². The van der Waals surface area contributed by atoms with Crippen LogP contribution in [0.5, 0.6) is 0 Å². The van der Waals surface area contributed by atoms with Gasteiger partial charge in [-0.25, -0.2) is 4.79 Å². The van der Waals surface area contributed by atoms with Crippen LogP contribution in [-0.4, -0.2) is 35.4 Å². The molecule has 4 N–H and O–H groups in total. The topological polar surface area (TPSA) is 111 Å². The van der Waals surface area contributed by atoms with Gasteiger partial charge in [0.1, 0.15) is 6.61 Å². The van der Waals surface area contributed by atoms with Crippen molar-refractivity contribution in [2.75, 3.05) is 6.54 Å². The highest BCUT2D eigenvalue weighted by Crippen LogP contribution is 2.09. The average Bonchev–Trinajstić information content (AvgIpc) is 2.49. The maximum atomic E-state index is 11.8. The molecule has 7 heteroatoms. The summed E-state index contributed by atoms with van der Waals surface area (Å²) in [5, 5.41) is 0. The number of carbonyl (C=O) groups is 2. The van der Waals surface area contributed by atoms with Gasteiger partial charge in [0.15, 0.2) is 0 Å². The van der Waals surface area contributed by atoms with Crippen LogP contribution in [0, 0.1) is 0 Å². The van der Waals surface area contributed by atoms with Crippen molar-refractivity contribution < 1.29 is 14.3 Å². The molecule has 1 saturated heterocycles. The molecule has 2 amide bonds. The van der Waals surface area contributed by atoms with E-state index in [4.69, 9.17) is 16.2 Å². The minimum Gasteiger partial charge on any atom is -0.443 e. The Bertz CT molecular complexity index is 544.